The van der Waals surface area contributed by atoms with Gasteiger partial charge in [-0.2, -0.15) is 0 Å². The van der Waals surface area contributed by atoms with Crippen LogP contribution in [0.5, 0.6) is 0 Å². The molecule has 0 saturated heterocycles. The van der Waals surface area contributed by atoms with Crippen LogP contribution in [-0.4, -0.2) is 28.7 Å². The number of rotatable bonds is 2. The Hall–Kier alpha value is -2.86. The molecule has 1 aliphatic heterocycles. The molecule has 1 aromatic heterocycles. The molecule has 4 rings (SSSR count). The first-order valence-corrected chi connectivity index (χ1v) is 9.29. The summed E-state index contributed by atoms with van der Waals surface area (Å²) in [7, 11) is 1.95. The van der Waals surface area contributed by atoms with E-state index in [2.05, 4.69) is 15.1 Å². The first-order chi connectivity index (χ1) is 13.4. The van der Waals surface area contributed by atoms with Crippen LogP contribution in [0.1, 0.15) is 34.6 Å². The molecular formula is C22H22F2N4. The molecule has 2 N–H and O–H groups in total. The summed E-state index contributed by atoms with van der Waals surface area (Å²) in [6, 6.07) is 12.1. The van der Waals surface area contributed by atoms with Gasteiger partial charge in [-0.05, 0) is 67.9 Å². The molecular weight excluding hydrogens is 358 g/mol. The fraction of sp³-hybridized carbons (Fsp3) is 0.273. The zero-order valence-corrected chi connectivity index (χ0v) is 15.9. The van der Waals surface area contributed by atoms with Gasteiger partial charge in [0.2, 0.25) is 0 Å². The van der Waals surface area contributed by atoms with Gasteiger partial charge in [-0.3, -0.25) is 0 Å². The number of aromatic nitrogens is 2. The number of benzene rings is 2. The Kier molecular flexibility index (Phi) is 4.81. The standard InChI is InChI=1S/C22H22F2N4/c1-13-3-4-16(19(23)11-13)15-9-10-28(2)12-18-14(15)5-6-17(22(18)24)20-7-8-21(25)27-26-20/h3-8,11,15H,9-10,12H2,1-2H3,(H2,25,27). The Labute approximate surface area is 163 Å². The quantitative estimate of drug-likeness (QED) is 0.721. The van der Waals surface area contributed by atoms with Gasteiger partial charge in [0, 0.05) is 23.6 Å². The number of halogens is 2. The molecule has 4 nitrogen and oxygen atoms in total. The predicted molar refractivity (Wildman–Crippen MR) is 106 cm³/mol. The molecule has 1 aliphatic rings. The number of nitrogens with two attached hydrogens (primary N) is 1. The summed E-state index contributed by atoms with van der Waals surface area (Å²) in [5.74, 6) is -0.479. The molecule has 2 heterocycles. The summed E-state index contributed by atoms with van der Waals surface area (Å²) in [6.45, 7) is 3.08. The van der Waals surface area contributed by atoms with Crippen LogP contribution in [0.25, 0.3) is 11.3 Å². The van der Waals surface area contributed by atoms with E-state index in [0.29, 0.717) is 28.9 Å². The Bertz CT molecular complexity index is 1020. The van der Waals surface area contributed by atoms with Gasteiger partial charge in [0.15, 0.2) is 0 Å². The number of hydrogen-bond donors (Lipinski definition) is 1. The molecule has 28 heavy (non-hydrogen) atoms. The fourth-order valence-corrected chi connectivity index (χ4v) is 3.90. The van der Waals surface area contributed by atoms with Crippen molar-refractivity contribution in [2.75, 3.05) is 19.3 Å². The zero-order chi connectivity index (χ0) is 19.8. The van der Waals surface area contributed by atoms with E-state index in [0.717, 1.165) is 24.1 Å². The van der Waals surface area contributed by atoms with Gasteiger partial charge in [0.05, 0.1) is 5.69 Å². The summed E-state index contributed by atoms with van der Waals surface area (Å²) >= 11 is 0. The molecule has 6 heteroatoms. The van der Waals surface area contributed by atoms with Crippen LogP contribution in [0, 0.1) is 18.6 Å². The minimum absolute atomic E-state index is 0.193. The van der Waals surface area contributed by atoms with E-state index in [1.807, 2.05) is 32.2 Å². The van der Waals surface area contributed by atoms with Crippen molar-refractivity contribution in [1.29, 1.82) is 0 Å². The van der Waals surface area contributed by atoms with Gasteiger partial charge in [0.1, 0.15) is 17.5 Å². The number of fused-ring (bicyclic) bond motifs is 1. The van der Waals surface area contributed by atoms with E-state index in [9.17, 15) is 4.39 Å². The van der Waals surface area contributed by atoms with E-state index in [1.54, 1.807) is 18.2 Å². The van der Waals surface area contributed by atoms with Crippen LogP contribution in [0.15, 0.2) is 42.5 Å². The number of hydrogen-bond acceptors (Lipinski definition) is 4. The van der Waals surface area contributed by atoms with Crippen molar-refractivity contribution in [1.82, 2.24) is 15.1 Å². The molecule has 0 saturated carbocycles. The van der Waals surface area contributed by atoms with Crippen molar-refractivity contribution in [3.63, 3.8) is 0 Å². The molecule has 0 amide bonds. The van der Waals surface area contributed by atoms with E-state index >= 15 is 4.39 Å². The van der Waals surface area contributed by atoms with Crippen LogP contribution in [0.4, 0.5) is 14.6 Å². The summed E-state index contributed by atoms with van der Waals surface area (Å²) in [4.78, 5) is 2.06. The molecule has 2 aromatic carbocycles. The van der Waals surface area contributed by atoms with Crippen LogP contribution in [0.3, 0.4) is 0 Å². The van der Waals surface area contributed by atoms with Gasteiger partial charge in [-0.15, -0.1) is 10.2 Å². The van der Waals surface area contributed by atoms with Gasteiger partial charge < -0.3 is 10.6 Å². The van der Waals surface area contributed by atoms with Gasteiger partial charge >= 0.3 is 0 Å². The highest BCUT2D eigenvalue weighted by atomic mass is 19.1. The Morgan fingerprint density at radius 2 is 1.82 bits per heavy atom. The monoisotopic (exact) mass is 380 g/mol. The van der Waals surface area contributed by atoms with E-state index in [-0.39, 0.29) is 23.4 Å². The third-order valence-electron chi connectivity index (χ3n) is 5.37. The van der Waals surface area contributed by atoms with Crippen molar-refractivity contribution in [2.45, 2.75) is 25.8 Å². The number of aryl methyl sites for hydroxylation is 1. The van der Waals surface area contributed by atoms with Crippen LogP contribution in [-0.2, 0) is 6.54 Å². The summed E-state index contributed by atoms with van der Waals surface area (Å²) in [5.41, 5.74) is 9.30. The summed E-state index contributed by atoms with van der Waals surface area (Å²) in [5, 5.41) is 7.84. The Morgan fingerprint density at radius 3 is 2.54 bits per heavy atom. The third kappa shape index (κ3) is 3.36. The topological polar surface area (TPSA) is 55.0 Å². The second-order valence-corrected chi connectivity index (χ2v) is 7.44. The first kappa shape index (κ1) is 18.5. The lowest BCUT2D eigenvalue weighted by molar-refractivity contribution is 0.323. The smallest absolute Gasteiger partial charge is 0.146 e. The Morgan fingerprint density at radius 1 is 1.04 bits per heavy atom. The molecule has 144 valence electrons. The SMILES string of the molecule is Cc1ccc(C2CCN(C)Cc3c2ccc(-c2ccc(N)nn2)c3F)c(F)c1. The maximum Gasteiger partial charge on any atom is 0.146 e. The van der Waals surface area contributed by atoms with Crippen molar-refractivity contribution in [3.8, 4) is 11.3 Å². The van der Waals surface area contributed by atoms with Gasteiger partial charge in [0.25, 0.3) is 0 Å². The minimum Gasteiger partial charge on any atom is -0.382 e. The van der Waals surface area contributed by atoms with Crippen LogP contribution >= 0.6 is 0 Å². The third-order valence-corrected chi connectivity index (χ3v) is 5.37. The highest BCUT2D eigenvalue weighted by Gasteiger charge is 2.28. The van der Waals surface area contributed by atoms with Gasteiger partial charge in [-0.25, -0.2) is 8.78 Å². The number of nitrogen functional groups attached to an aromatic ring is 1. The molecule has 0 bridgehead atoms. The maximum atomic E-state index is 15.5. The second-order valence-electron chi connectivity index (χ2n) is 7.44. The van der Waals surface area contributed by atoms with E-state index < -0.39 is 0 Å². The van der Waals surface area contributed by atoms with Crippen molar-refractivity contribution >= 4 is 5.82 Å². The fourth-order valence-electron chi connectivity index (χ4n) is 3.90. The lowest BCUT2D eigenvalue weighted by Gasteiger charge is -2.20. The maximum absolute atomic E-state index is 15.5. The van der Waals surface area contributed by atoms with Crippen molar-refractivity contribution in [2.24, 2.45) is 0 Å². The highest BCUT2D eigenvalue weighted by molar-refractivity contribution is 5.63. The molecule has 0 fully saturated rings. The lowest BCUT2D eigenvalue weighted by Crippen LogP contribution is -2.18. The summed E-state index contributed by atoms with van der Waals surface area (Å²) in [6.07, 6.45) is 0.726. The molecule has 0 aliphatic carbocycles. The van der Waals surface area contributed by atoms with E-state index in [1.165, 1.54) is 6.07 Å². The van der Waals surface area contributed by atoms with Crippen LogP contribution in [0.2, 0.25) is 0 Å². The second kappa shape index (κ2) is 7.28. The van der Waals surface area contributed by atoms with Crippen LogP contribution < -0.4 is 5.73 Å². The summed E-state index contributed by atoms with van der Waals surface area (Å²) < 4.78 is 30.2. The first-order valence-electron chi connectivity index (χ1n) is 9.29. The van der Waals surface area contributed by atoms with Crippen molar-refractivity contribution < 1.29 is 8.78 Å². The largest absolute Gasteiger partial charge is 0.382 e. The molecule has 0 spiro atoms. The zero-order valence-electron chi connectivity index (χ0n) is 15.9. The average molecular weight is 380 g/mol. The Balaban J connectivity index is 1.85. The highest BCUT2D eigenvalue weighted by Crippen LogP contribution is 2.38. The molecule has 3 aromatic rings. The minimum atomic E-state index is -0.331. The van der Waals surface area contributed by atoms with E-state index in [4.69, 9.17) is 5.73 Å². The molecule has 1 atom stereocenters. The van der Waals surface area contributed by atoms with Crippen molar-refractivity contribution in [3.05, 3.63) is 76.4 Å². The number of nitrogens with zero attached hydrogens (tertiary/aromatic N) is 3. The lowest BCUT2D eigenvalue weighted by atomic mass is 9.85. The number of anilines is 1. The average Bonchev–Trinajstić information content (AvgIpc) is 2.83. The molecule has 1 unspecified atom stereocenters. The molecule has 0 radical (unpaired) electrons. The van der Waals surface area contributed by atoms with Gasteiger partial charge in [-0.1, -0.05) is 18.2 Å². The normalized spacial score (nSPS) is 17.2. The predicted octanol–water partition coefficient (Wildman–Crippen LogP) is 4.28.